The summed E-state index contributed by atoms with van der Waals surface area (Å²) in [5.41, 5.74) is 14.5. The van der Waals surface area contributed by atoms with E-state index in [1.54, 1.807) is 0 Å². The highest BCUT2D eigenvalue weighted by atomic mass is 15.0. The van der Waals surface area contributed by atoms with Gasteiger partial charge in [0.15, 0.2) is 0 Å². The monoisotopic (exact) mass is 752 g/mol. The molecule has 0 fully saturated rings. The molecule has 0 saturated heterocycles. The Bertz CT molecular complexity index is 3760. The Labute approximate surface area is 339 Å². The second kappa shape index (κ2) is 12.3. The van der Waals surface area contributed by atoms with Crippen LogP contribution in [0.2, 0.25) is 0 Å². The molecule has 0 saturated carbocycles. The van der Waals surface area contributed by atoms with Gasteiger partial charge in [0.05, 0.1) is 33.1 Å². The predicted molar refractivity (Wildman–Crippen MR) is 248 cm³/mol. The van der Waals surface area contributed by atoms with Crippen molar-refractivity contribution in [3.63, 3.8) is 0 Å². The van der Waals surface area contributed by atoms with Crippen LogP contribution in [0.25, 0.3) is 104 Å². The van der Waals surface area contributed by atoms with Crippen LogP contribution in [0, 0.1) is 0 Å². The van der Waals surface area contributed by atoms with E-state index in [1.807, 2.05) is 0 Å². The number of hydrogen-bond acceptors (Lipinski definition) is 0. The van der Waals surface area contributed by atoms with Gasteiger partial charge in [-0.15, -0.1) is 0 Å². The van der Waals surface area contributed by atoms with Crippen molar-refractivity contribution in [3.8, 4) is 17.1 Å². The van der Waals surface area contributed by atoms with E-state index >= 15 is 0 Å². The zero-order chi connectivity index (χ0) is 38.6. The molecule has 0 aliphatic carbocycles. The van der Waals surface area contributed by atoms with Crippen LogP contribution in [-0.4, -0.2) is 18.3 Å². The van der Waals surface area contributed by atoms with Crippen LogP contribution < -0.4 is 0 Å². The summed E-state index contributed by atoms with van der Waals surface area (Å²) < 4.78 is 9.76. The van der Waals surface area contributed by atoms with Crippen LogP contribution in [0.5, 0.6) is 0 Å². The number of benzene rings is 9. The largest absolute Gasteiger partial charge is 0.336 e. The SMILES string of the molecule is c1ccc(Cn2c3ccccc3c3cc(-n4c5ccccc5c5cc(-n6c7ccccc7c7cc(-n8c9ccccc9c9ccccc98)ccc76)ccc54)ccc32)cc1. The van der Waals surface area contributed by atoms with Crippen LogP contribution in [0.4, 0.5) is 0 Å². The average Bonchev–Trinajstić information content (AvgIpc) is 4.01. The lowest BCUT2D eigenvalue weighted by Crippen LogP contribution is -1.99. The second-order valence-electron chi connectivity index (χ2n) is 15.8. The maximum Gasteiger partial charge on any atom is 0.0542 e. The van der Waals surface area contributed by atoms with Crippen molar-refractivity contribution in [2.24, 2.45) is 0 Å². The zero-order valence-electron chi connectivity index (χ0n) is 32.1. The lowest BCUT2D eigenvalue weighted by molar-refractivity contribution is 0.869. The average molecular weight is 753 g/mol. The third-order valence-electron chi connectivity index (χ3n) is 12.6. The van der Waals surface area contributed by atoms with E-state index in [-0.39, 0.29) is 0 Å². The number of fused-ring (bicyclic) bond motifs is 12. The molecule has 0 unspecified atom stereocenters. The van der Waals surface area contributed by atoms with E-state index in [0.29, 0.717) is 0 Å². The highest BCUT2D eigenvalue weighted by Crippen LogP contribution is 2.40. The van der Waals surface area contributed by atoms with Crippen molar-refractivity contribution in [2.75, 3.05) is 0 Å². The van der Waals surface area contributed by atoms with E-state index < -0.39 is 0 Å². The van der Waals surface area contributed by atoms with Crippen LogP contribution in [0.15, 0.2) is 206 Å². The summed E-state index contributed by atoms with van der Waals surface area (Å²) in [6, 6.07) is 75.7. The molecule has 4 heteroatoms. The van der Waals surface area contributed by atoms with Gasteiger partial charge >= 0.3 is 0 Å². The van der Waals surface area contributed by atoms with Crippen LogP contribution in [-0.2, 0) is 6.54 Å². The van der Waals surface area contributed by atoms with Gasteiger partial charge in [0, 0.05) is 77.7 Å². The van der Waals surface area contributed by atoms with Crippen molar-refractivity contribution in [1.82, 2.24) is 18.3 Å². The minimum atomic E-state index is 0.826. The van der Waals surface area contributed by atoms with Crippen molar-refractivity contribution in [2.45, 2.75) is 6.54 Å². The van der Waals surface area contributed by atoms with Gasteiger partial charge in [0.1, 0.15) is 0 Å². The molecule has 4 nitrogen and oxygen atoms in total. The third kappa shape index (κ3) is 4.66. The quantitative estimate of drug-likeness (QED) is 0.167. The fraction of sp³-hybridized carbons (Fsp3) is 0.0182. The van der Waals surface area contributed by atoms with E-state index in [2.05, 4.69) is 225 Å². The smallest absolute Gasteiger partial charge is 0.0542 e. The molecule has 9 aromatic carbocycles. The van der Waals surface area contributed by atoms with Gasteiger partial charge < -0.3 is 18.3 Å². The molecule has 4 heterocycles. The molecule has 0 aliphatic heterocycles. The Morgan fingerprint density at radius 1 is 0.237 bits per heavy atom. The molecule has 0 bridgehead atoms. The maximum absolute atomic E-state index is 2.46. The van der Waals surface area contributed by atoms with E-state index in [9.17, 15) is 0 Å². The van der Waals surface area contributed by atoms with E-state index in [0.717, 1.165) is 23.6 Å². The summed E-state index contributed by atoms with van der Waals surface area (Å²) in [6.45, 7) is 0.826. The molecule has 4 aromatic heterocycles. The first-order chi connectivity index (χ1) is 29.3. The van der Waals surface area contributed by atoms with E-state index in [4.69, 9.17) is 0 Å². The molecule has 0 aliphatic rings. The molecule has 0 N–H and O–H groups in total. The molecule has 59 heavy (non-hydrogen) atoms. The van der Waals surface area contributed by atoms with Gasteiger partial charge in [-0.25, -0.2) is 0 Å². The van der Waals surface area contributed by atoms with Gasteiger partial charge in [-0.1, -0.05) is 121 Å². The zero-order valence-corrected chi connectivity index (χ0v) is 32.1. The number of para-hydroxylation sites is 5. The lowest BCUT2D eigenvalue weighted by Gasteiger charge is -2.12. The van der Waals surface area contributed by atoms with Crippen LogP contribution in [0.1, 0.15) is 5.56 Å². The summed E-state index contributed by atoms with van der Waals surface area (Å²) in [7, 11) is 0. The van der Waals surface area contributed by atoms with Crippen molar-refractivity contribution in [3.05, 3.63) is 212 Å². The Kier molecular flexibility index (Phi) is 6.75. The fourth-order valence-corrected chi connectivity index (χ4v) is 10.1. The van der Waals surface area contributed by atoms with Crippen molar-refractivity contribution >= 4 is 87.2 Å². The standard InChI is InChI=1S/C55H36N4/c1-2-14-36(15-3-1)35-56-48-21-9-4-18-42(48)45-32-37(26-29-49(45)56)58-52-24-12-7-20-44(52)47-34-39(28-31-54(47)58)59-53-25-13-8-19-43(53)46-33-38(27-30-55(46)59)57-50-22-10-5-16-40(50)41-17-6-11-23-51(41)57/h1-34H,35H2. The lowest BCUT2D eigenvalue weighted by atomic mass is 10.1. The fourth-order valence-electron chi connectivity index (χ4n) is 10.1. The summed E-state index contributed by atoms with van der Waals surface area (Å²) in [5, 5.41) is 10.0. The molecule has 0 amide bonds. The maximum atomic E-state index is 2.46. The molecule has 0 atom stereocenters. The molecule has 13 rings (SSSR count). The topological polar surface area (TPSA) is 19.7 Å². The van der Waals surface area contributed by atoms with Gasteiger partial charge in [-0.3, -0.25) is 0 Å². The van der Waals surface area contributed by atoms with Gasteiger partial charge in [0.2, 0.25) is 0 Å². The molecular weight excluding hydrogens is 717 g/mol. The summed E-state index contributed by atoms with van der Waals surface area (Å²) >= 11 is 0. The van der Waals surface area contributed by atoms with E-state index in [1.165, 1.54) is 92.8 Å². The van der Waals surface area contributed by atoms with Crippen molar-refractivity contribution < 1.29 is 0 Å². The number of nitrogens with zero attached hydrogens (tertiary/aromatic N) is 4. The molecule has 13 aromatic rings. The highest BCUT2D eigenvalue weighted by molar-refractivity contribution is 6.14. The summed E-state index contributed by atoms with van der Waals surface area (Å²) in [6.07, 6.45) is 0. The minimum Gasteiger partial charge on any atom is -0.336 e. The Balaban J connectivity index is 0.996. The van der Waals surface area contributed by atoms with Gasteiger partial charge in [-0.2, -0.15) is 0 Å². The Morgan fingerprint density at radius 3 is 0.966 bits per heavy atom. The van der Waals surface area contributed by atoms with Gasteiger partial charge in [-0.05, 0) is 90.5 Å². The minimum absolute atomic E-state index is 0.826. The Hall–Kier alpha value is -7.82. The highest BCUT2D eigenvalue weighted by Gasteiger charge is 2.19. The first-order valence-corrected chi connectivity index (χ1v) is 20.4. The number of hydrogen-bond donors (Lipinski definition) is 0. The second-order valence-corrected chi connectivity index (χ2v) is 15.8. The molecule has 0 spiro atoms. The number of rotatable bonds is 5. The third-order valence-corrected chi connectivity index (χ3v) is 12.6. The molecular formula is C55H36N4. The summed E-state index contributed by atoms with van der Waals surface area (Å²) in [4.78, 5) is 0. The normalized spacial score (nSPS) is 12.1. The Morgan fingerprint density at radius 2 is 0.525 bits per heavy atom. The first-order valence-electron chi connectivity index (χ1n) is 20.4. The predicted octanol–water partition coefficient (Wildman–Crippen LogP) is 14.1. The van der Waals surface area contributed by atoms with Crippen molar-refractivity contribution in [1.29, 1.82) is 0 Å². The summed E-state index contributed by atoms with van der Waals surface area (Å²) in [5.74, 6) is 0. The van der Waals surface area contributed by atoms with Gasteiger partial charge in [0.25, 0.3) is 0 Å². The molecule has 276 valence electrons. The van der Waals surface area contributed by atoms with Crippen LogP contribution >= 0.6 is 0 Å². The first kappa shape index (κ1) is 32.3. The molecule has 0 radical (unpaired) electrons. The number of aromatic nitrogens is 4. The van der Waals surface area contributed by atoms with Crippen LogP contribution in [0.3, 0.4) is 0 Å².